The van der Waals surface area contributed by atoms with Crippen LogP contribution in [0.25, 0.3) is 0 Å². The summed E-state index contributed by atoms with van der Waals surface area (Å²) in [6.45, 7) is -0.241. The first-order chi connectivity index (χ1) is 13.1. The fraction of sp³-hybridized carbons (Fsp3) is 0.350. The van der Waals surface area contributed by atoms with Gasteiger partial charge in [-0.2, -0.15) is 0 Å². The second-order valence-corrected chi connectivity index (χ2v) is 6.53. The number of carboxylic acid groups (broad SMARTS) is 1. The van der Waals surface area contributed by atoms with Crippen molar-refractivity contribution >= 4 is 11.9 Å². The fourth-order valence-electron chi connectivity index (χ4n) is 3.13. The van der Waals surface area contributed by atoms with E-state index in [0.29, 0.717) is 30.2 Å². The Morgan fingerprint density at radius 3 is 2.37 bits per heavy atom. The molecule has 0 aliphatic heterocycles. The molecule has 142 valence electrons. The molecule has 0 spiro atoms. The molecule has 0 bridgehead atoms. The van der Waals surface area contributed by atoms with Gasteiger partial charge in [-0.05, 0) is 43.2 Å². The number of ether oxygens (including phenoxy) is 2. The Hall–Kier alpha value is -3.09. The van der Waals surface area contributed by atoms with Crippen LogP contribution in [-0.2, 0) is 9.59 Å². The first-order valence-electron chi connectivity index (χ1n) is 8.94. The van der Waals surface area contributed by atoms with E-state index in [2.05, 4.69) is 10.3 Å². The monoisotopic (exact) mass is 370 g/mol. The molecule has 27 heavy (non-hydrogen) atoms. The number of hydrogen-bond donors (Lipinski definition) is 2. The molecule has 0 radical (unpaired) electrons. The lowest BCUT2D eigenvalue weighted by Crippen LogP contribution is -2.56. The third-order valence-electron chi connectivity index (χ3n) is 4.55. The van der Waals surface area contributed by atoms with Gasteiger partial charge in [-0.25, -0.2) is 9.78 Å². The molecule has 1 saturated carbocycles. The Balaban J connectivity index is 1.52. The van der Waals surface area contributed by atoms with Crippen molar-refractivity contribution < 1.29 is 24.2 Å². The van der Waals surface area contributed by atoms with Gasteiger partial charge in [0.2, 0.25) is 5.88 Å². The molecule has 7 heteroatoms. The van der Waals surface area contributed by atoms with Gasteiger partial charge < -0.3 is 19.9 Å². The van der Waals surface area contributed by atoms with Gasteiger partial charge in [-0.1, -0.05) is 25.3 Å². The summed E-state index contributed by atoms with van der Waals surface area (Å²) in [6.07, 6.45) is 5.13. The van der Waals surface area contributed by atoms with Gasteiger partial charge in [0.15, 0.2) is 6.61 Å². The highest BCUT2D eigenvalue weighted by Gasteiger charge is 2.40. The minimum Gasteiger partial charge on any atom is -0.484 e. The molecule has 1 heterocycles. The zero-order chi connectivity index (χ0) is 19.1. The van der Waals surface area contributed by atoms with Crippen molar-refractivity contribution in [3.05, 3.63) is 48.7 Å². The van der Waals surface area contributed by atoms with E-state index in [4.69, 9.17) is 9.47 Å². The lowest BCUT2D eigenvalue weighted by molar-refractivity contribution is -0.149. The number of carboxylic acids is 1. The van der Waals surface area contributed by atoms with E-state index in [1.165, 1.54) is 0 Å². The average molecular weight is 370 g/mol. The van der Waals surface area contributed by atoms with Crippen LogP contribution in [0.15, 0.2) is 48.7 Å². The first-order valence-corrected chi connectivity index (χ1v) is 8.94. The third kappa shape index (κ3) is 4.97. The van der Waals surface area contributed by atoms with E-state index in [9.17, 15) is 14.7 Å². The van der Waals surface area contributed by atoms with Crippen LogP contribution in [0.1, 0.15) is 32.1 Å². The molecule has 1 aromatic heterocycles. The second kappa shape index (κ2) is 8.53. The topological polar surface area (TPSA) is 97.8 Å². The van der Waals surface area contributed by atoms with E-state index in [0.717, 1.165) is 19.3 Å². The van der Waals surface area contributed by atoms with Crippen LogP contribution in [0.2, 0.25) is 0 Å². The third-order valence-corrected chi connectivity index (χ3v) is 4.55. The molecule has 2 N–H and O–H groups in total. The van der Waals surface area contributed by atoms with E-state index in [1.54, 1.807) is 42.6 Å². The second-order valence-electron chi connectivity index (χ2n) is 6.53. The van der Waals surface area contributed by atoms with Gasteiger partial charge in [-0.3, -0.25) is 4.79 Å². The Kier molecular flexibility index (Phi) is 5.90. The number of benzene rings is 1. The molecule has 1 aliphatic carbocycles. The van der Waals surface area contributed by atoms with Crippen molar-refractivity contribution in [1.82, 2.24) is 10.3 Å². The maximum atomic E-state index is 12.2. The van der Waals surface area contributed by atoms with Crippen LogP contribution >= 0.6 is 0 Å². The number of amides is 1. The van der Waals surface area contributed by atoms with Crippen LogP contribution in [0.5, 0.6) is 17.4 Å². The number of aromatic nitrogens is 1. The highest BCUT2D eigenvalue weighted by molar-refractivity contribution is 5.87. The molecule has 0 unspecified atom stereocenters. The maximum absolute atomic E-state index is 12.2. The molecule has 2 aromatic rings. The number of hydrogen-bond acceptors (Lipinski definition) is 5. The van der Waals surface area contributed by atoms with E-state index >= 15 is 0 Å². The highest BCUT2D eigenvalue weighted by atomic mass is 16.5. The summed E-state index contributed by atoms with van der Waals surface area (Å²) in [7, 11) is 0. The Morgan fingerprint density at radius 1 is 1.04 bits per heavy atom. The van der Waals surface area contributed by atoms with Crippen molar-refractivity contribution in [2.75, 3.05) is 6.61 Å². The lowest BCUT2D eigenvalue weighted by atomic mass is 9.81. The summed E-state index contributed by atoms with van der Waals surface area (Å²) in [5.41, 5.74) is -1.17. The first kappa shape index (κ1) is 18.7. The summed E-state index contributed by atoms with van der Waals surface area (Å²) in [5.74, 6) is 0.153. The summed E-state index contributed by atoms with van der Waals surface area (Å²) < 4.78 is 11.1. The molecule has 1 aliphatic rings. The molecule has 7 nitrogen and oxygen atoms in total. The van der Waals surface area contributed by atoms with E-state index in [1.807, 2.05) is 6.07 Å². The molecule has 1 amide bonds. The number of rotatable bonds is 7. The largest absolute Gasteiger partial charge is 0.484 e. The molecular weight excluding hydrogens is 348 g/mol. The normalized spacial score (nSPS) is 15.6. The minimum absolute atomic E-state index is 0.241. The van der Waals surface area contributed by atoms with Gasteiger partial charge in [0.1, 0.15) is 17.0 Å². The van der Waals surface area contributed by atoms with Gasteiger partial charge in [-0.15, -0.1) is 0 Å². The van der Waals surface area contributed by atoms with Crippen molar-refractivity contribution in [3.63, 3.8) is 0 Å². The van der Waals surface area contributed by atoms with Gasteiger partial charge in [0.05, 0.1) is 0 Å². The van der Waals surface area contributed by atoms with Crippen LogP contribution in [-0.4, -0.2) is 34.1 Å². The summed E-state index contributed by atoms with van der Waals surface area (Å²) in [4.78, 5) is 27.8. The highest BCUT2D eigenvalue weighted by Crippen LogP contribution is 2.28. The van der Waals surface area contributed by atoms with Crippen LogP contribution in [0.4, 0.5) is 0 Å². The molecule has 0 atom stereocenters. The molecular formula is C20H22N2O5. The number of pyridine rings is 1. The number of carbonyl (C=O) groups is 2. The zero-order valence-electron chi connectivity index (χ0n) is 14.9. The SMILES string of the molecule is O=C(COc1ccc(Oc2ccccn2)cc1)NC1(C(=O)O)CCCCC1. The average Bonchev–Trinajstić information content (AvgIpc) is 2.69. The van der Waals surface area contributed by atoms with Crippen LogP contribution in [0.3, 0.4) is 0 Å². The van der Waals surface area contributed by atoms with Gasteiger partial charge in [0.25, 0.3) is 5.91 Å². The molecule has 1 fully saturated rings. The van der Waals surface area contributed by atoms with Crippen LogP contribution < -0.4 is 14.8 Å². The number of aliphatic carboxylic acids is 1. The van der Waals surface area contributed by atoms with E-state index < -0.39 is 17.4 Å². The lowest BCUT2D eigenvalue weighted by Gasteiger charge is -2.33. The summed E-state index contributed by atoms with van der Waals surface area (Å²) >= 11 is 0. The van der Waals surface area contributed by atoms with Crippen molar-refractivity contribution in [2.45, 2.75) is 37.6 Å². The predicted molar refractivity (Wildman–Crippen MR) is 97.8 cm³/mol. The van der Waals surface area contributed by atoms with Crippen LogP contribution in [0, 0.1) is 0 Å². The van der Waals surface area contributed by atoms with E-state index in [-0.39, 0.29) is 6.61 Å². The number of carbonyl (C=O) groups excluding carboxylic acids is 1. The minimum atomic E-state index is -1.17. The maximum Gasteiger partial charge on any atom is 0.329 e. The van der Waals surface area contributed by atoms with Crippen molar-refractivity contribution in [2.24, 2.45) is 0 Å². The van der Waals surface area contributed by atoms with Gasteiger partial charge in [0, 0.05) is 12.3 Å². The Morgan fingerprint density at radius 2 is 1.74 bits per heavy atom. The van der Waals surface area contributed by atoms with Crippen molar-refractivity contribution in [3.8, 4) is 17.4 Å². The summed E-state index contributed by atoms with van der Waals surface area (Å²) in [6, 6.07) is 12.2. The molecule has 0 saturated heterocycles. The number of nitrogens with zero attached hydrogens (tertiary/aromatic N) is 1. The molecule has 3 rings (SSSR count). The zero-order valence-corrected chi connectivity index (χ0v) is 14.9. The fourth-order valence-corrected chi connectivity index (χ4v) is 3.13. The Labute approximate surface area is 157 Å². The predicted octanol–water partition coefficient (Wildman–Crippen LogP) is 3.16. The smallest absolute Gasteiger partial charge is 0.329 e. The van der Waals surface area contributed by atoms with Gasteiger partial charge >= 0.3 is 5.97 Å². The summed E-state index contributed by atoms with van der Waals surface area (Å²) in [5, 5.41) is 12.1. The Bertz CT molecular complexity index is 771. The number of nitrogens with one attached hydrogen (secondary N) is 1. The van der Waals surface area contributed by atoms with Crippen molar-refractivity contribution in [1.29, 1.82) is 0 Å². The quantitative estimate of drug-likeness (QED) is 0.777. The molecule has 1 aromatic carbocycles. The standard InChI is InChI=1S/C20H22N2O5/c23-17(22-20(19(24)25)11-3-1-4-12-20)14-26-15-7-9-16(10-8-15)27-18-6-2-5-13-21-18/h2,5-10,13H,1,3-4,11-12,14H2,(H,22,23)(H,24,25).